The van der Waals surface area contributed by atoms with E-state index in [4.69, 9.17) is 0 Å². The second-order valence-electron chi connectivity index (χ2n) is 6.77. The second-order valence-corrected chi connectivity index (χ2v) is 6.77. The maximum absolute atomic E-state index is 12.3. The third-order valence-electron chi connectivity index (χ3n) is 4.87. The van der Waals surface area contributed by atoms with Crippen LogP contribution in [0.2, 0.25) is 0 Å². The summed E-state index contributed by atoms with van der Waals surface area (Å²) in [6.07, 6.45) is 19.2. The van der Waals surface area contributed by atoms with Crippen LogP contribution in [0.4, 0.5) is 0 Å². The molecule has 0 bridgehead atoms. The topological polar surface area (TPSA) is 42.3 Å². The van der Waals surface area contributed by atoms with Gasteiger partial charge in [0.1, 0.15) is 0 Å². The maximum atomic E-state index is 12.3. The first-order valence-corrected chi connectivity index (χ1v) is 10.0. The van der Waals surface area contributed by atoms with Crippen molar-refractivity contribution in [2.45, 2.75) is 46.5 Å². The zero-order valence-electron chi connectivity index (χ0n) is 17.2. The molecule has 2 heterocycles. The first-order valence-electron chi connectivity index (χ1n) is 10.0. The molecule has 3 nitrogen and oxygen atoms in total. The van der Waals surface area contributed by atoms with Gasteiger partial charge in [0.25, 0.3) is 0 Å². The normalized spacial score (nSPS) is 17.6. The van der Waals surface area contributed by atoms with Crippen LogP contribution in [0.1, 0.15) is 56.8 Å². The number of aromatic nitrogens is 1. The molecule has 0 N–H and O–H groups in total. The number of nitrogens with zero attached hydrogens (tertiary/aromatic N) is 2. The maximum Gasteiger partial charge on any atom is 0.164 e. The highest BCUT2D eigenvalue weighted by Crippen LogP contribution is 2.34. The van der Waals surface area contributed by atoms with Gasteiger partial charge in [-0.05, 0) is 42.2 Å². The lowest BCUT2D eigenvalue weighted by Gasteiger charge is -2.19. The fourth-order valence-electron chi connectivity index (χ4n) is 3.08. The molecule has 0 aromatic carbocycles. The van der Waals surface area contributed by atoms with Crippen molar-refractivity contribution in [3.8, 4) is 0 Å². The number of carbonyl (C=O) groups excluding carboxylic acids is 1. The van der Waals surface area contributed by atoms with Gasteiger partial charge in [-0.15, -0.1) is 0 Å². The van der Waals surface area contributed by atoms with Crippen molar-refractivity contribution in [2.24, 2.45) is 10.9 Å². The third kappa shape index (κ3) is 5.35. The number of hydrogen-bond acceptors (Lipinski definition) is 3. The molecule has 0 unspecified atom stereocenters. The molecule has 0 fully saturated rings. The summed E-state index contributed by atoms with van der Waals surface area (Å²) in [5.74, 6) is 0.282. The molecule has 2 aliphatic rings. The van der Waals surface area contributed by atoms with Gasteiger partial charge in [-0.2, -0.15) is 0 Å². The van der Waals surface area contributed by atoms with Crippen LogP contribution in [0.25, 0.3) is 0 Å². The predicted molar refractivity (Wildman–Crippen MR) is 119 cm³/mol. The van der Waals surface area contributed by atoms with E-state index in [1.165, 1.54) is 18.4 Å². The average molecular weight is 375 g/mol. The molecule has 0 amide bonds. The van der Waals surface area contributed by atoms with Crippen molar-refractivity contribution < 1.29 is 4.79 Å². The summed E-state index contributed by atoms with van der Waals surface area (Å²) in [5, 5.41) is 0. The molecule has 3 heteroatoms. The highest BCUT2D eigenvalue weighted by atomic mass is 16.1. The number of allylic oxidation sites excluding steroid dienone is 8. The minimum atomic E-state index is 0.113. The zero-order valence-corrected chi connectivity index (χ0v) is 17.2. The highest BCUT2D eigenvalue weighted by molar-refractivity contribution is 6.09. The number of pyridine rings is 1. The predicted octanol–water partition coefficient (Wildman–Crippen LogP) is 6.43. The molecule has 0 saturated heterocycles. The summed E-state index contributed by atoms with van der Waals surface area (Å²) in [4.78, 5) is 20.9. The Kier molecular flexibility index (Phi) is 8.54. The highest BCUT2D eigenvalue weighted by Gasteiger charge is 2.28. The lowest BCUT2D eigenvalue weighted by atomic mass is 9.83. The number of ketones is 1. The van der Waals surface area contributed by atoms with Gasteiger partial charge in [0, 0.05) is 36.5 Å². The van der Waals surface area contributed by atoms with E-state index < -0.39 is 0 Å². The molecule has 1 aliphatic carbocycles. The van der Waals surface area contributed by atoms with Crippen molar-refractivity contribution in [2.75, 3.05) is 0 Å². The summed E-state index contributed by atoms with van der Waals surface area (Å²) >= 11 is 0. The van der Waals surface area contributed by atoms with E-state index in [2.05, 4.69) is 54.7 Å². The lowest BCUT2D eigenvalue weighted by Crippen LogP contribution is -2.17. The molecule has 0 spiro atoms. The van der Waals surface area contributed by atoms with E-state index in [0.717, 1.165) is 16.9 Å². The van der Waals surface area contributed by atoms with E-state index >= 15 is 0 Å². The number of rotatable bonds is 7. The minimum absolute atomic E-state index is 0.113. The van der Waals surface area contributed by atoms with Crippen molar-refractivity contribution >= 4 is 11.5 Å². The molecule has 0 radical (unpaired) electrons. The Morgan fingerprint density at radius 1 is 1.29 bits per heavy atom. The van der Waals surface area contributed by atoms with Gasteiger partial charge >= 0.3 is 0 Å². The van der Waals surface area contributed by atoms with Crippen LogP contribution in [-0.4, -0.2) is 16.5 Å². The van der Waals surface area contributed by atoms with Gasteiger partial charge in [0.05, 0.1) is 5.71 Å². The summed E-state index contributed by atoms with van der Waals surface area (Å²) in [5.41, 5.74) is 5.12. The monoisotopic (exact) mass is 374 g/mol. The van der Waals surface area contributed by atoms with Crippen LogP contribution in [0.5, 0.6) is 0 Å². The van der Waals surface area contributed by atoms with Crippen molar-refractivity contribution in [1.29, 1.82) is 0 Å². The molecule has 0 saturated carbocycles. The van der Waals surface area contributed by atoms with Crippen molar-refractivity contribution in [3.05, 3.63) is 90.0 Å². The van der Waals surface area contributed by atoms with Crippen LogP contribution >= 0.6 is 0 Å². The van der Waals surface area contributed by atoms with Crippen LogP contribution < -0.4 is 0 Å². The first kappa shape index (κ1) is 21.5. The Morgan fingerprint density at radius 3 is 2.68 bits per heavy atom. The van der Waals surface area contributed by atoms with Crippen LogP contribution in [0, 0.1) is 5.92 Å². The molecule has 28 heavy (non-hydrogen) atoms. The Labute approximate surface area is 169 Å². The molecule has 1 atom stereocenters. The van der Waals surface area contributed by atoms with Gasteiger partial charge in [-0.3, -0.25) is 14.8 Å². The van der Waals surface area contributed by atoms with E-state index in [9.17, 15) is 4.79 Å². The lowest BCUT2D eigenvalue weighted by molar-refractivity contribution is 0.0983. The summed E-state index contributed by atoms with van der Waals surface area (Å²) < 4.78 is 0. The Balaban J connectivity index is 0.000000640. The molecule has 3 rings (SSSR count). The fourth-order valence-corrected chi connectivity index (χ4v) is 3.08. The molecule has 1 aliphatic heterocycles. The van der Waals surface area contributed by atoms with Gasteiger partial charge in [-0.25, -0.2) is 0 Å². The Hall–Kier alpha value is -2.81. The van der Waals surface area contributed by atoms with E-state index in [1.54, 1.807) is 18.5 Å². The van der Waals surface area contributed by atoms with Gasteiger partial charge in [0.15, 0.2) is 5.78 Å². The summed E-state index contributed by atoms with van der Waals surface area (Å²) in [6.45, 7) is 10.2. The molecular weight excluding hydrogens is 344 g/mol. The van der Waals surface area contributed by atoms with Gasteiger partial charge < -0.3 is 0 Å². The number of unbranched alkanes of at least 4 members (excludes halogenated alkanes) is 1. The number of fused-ring (bicyclic) bond motifs is 1. The number of carbonyl (C=O) groups is 1. The molecule has 1 aromatic rings. The number of Topliss-reactive ketones (excluding diaryl/α,β-unsaturated/α-hetero) is 1. The van der Waals surface area contributed by atoms with E-state index in [1.807, 2.05) is 25.3 Å². The SMILES string of the molecule is C=C/C(=C\C)C1=CN=C2C(CCC(=O)c3cccnc3)=CC=C[C@@H]12.CCCC. The standard InChI is InChI=1S/C21H20N2O.C4H10/c1-3-15(4-2)19-14-23-21-16(7-5-9-18(19)21)10-11-20(24)17-8-6-12-22-13-17;1-3-4-2/h3-9,12-14,18H,1,10-11H2,2H3;3-4H2,1-2H3/b15-4+;/t18-;/m0./s1. The zero-order chi connectivity index (χ0) is 20.4. The molecular formula is C25H30N2O. The van der Waals surface area contributed by atoms with E-state index in [-0.39, 0.29) is 11.7 Å². The second kappa shape index (κ2) is 11.1. The number of hydrogen-bond donors (Lipinski definition) is 0. The average Bonchev–Trinajstić information content (AvgIpc) is 3.18. The molecule has 1 aromatic heterocycles. The summed E-state index contributed by atoms with van der Waals surface area (Å²) in [6, 6.07) is 3.60. The summed E-state index contributed by atoms with van der Waals surface area (Å²) in [7, 11) is 0. The first-order chi connectivity index (χ1) is 13.7. The Morgan fingerprint density at radius 2 is 2.07 bits per heavy atom. The van der Waals surface area contributed by atoms with Gasteiger partial charge in [0.2, 0.25) is 0 Å². The van der Waals surface area contributed by atoms with Gasteiger partial charge in [-0.1, -0.05) is 63.6 Å². The van der Waals surface area contributed by atoms with Crippen LogP contribution in [0.15, 0.2) is 89.4 Å². The van der Waals surface area contributed by atoms with Crippen LogP contribution in [-0.2, 0) is 0 Å². The number of aliphatic imine (C=N–C) groups is 1. The molecule has 146 valence electrons. The third-order valence-corrected chi connectivity index (χ3v) is 4.87. The Bertz CT molecular complexity index is 837. The van der Waals surface area contributed by atoms with E-state index in [0.29, 0.717) is 18.4 Å². The fraction of sp³-hybridized carbons (Fsp3) is 0.320. The minimum Gasteiger partial charge on any atom is -0.294 e. The largest absolute Gasteiger partial charge is 0.294 e. The van der Waals surface area contributed by atoms with Crippen molar-refractivity contribution in [3.63, 3.8) is 0 Å². The smallest absolute Gasteiger partial charge is 0.164 e. The van der Waals surface area contributed by atoms with Crippen molar-refractivity contribution in [1.82, 2.24) is 4.98 Å². The van der Waals surface area contributed by atoms with Crippen LogP contribution in [0.3, 0.4) is 0 Å². The quantitative estimate of drug-likeness (QED) is 0.407.